The summed E-state index contributed by atoms with van der Waals surface area (Å²) in [5.41, 5.74) is 4.64. The molecule has 0 fully saturated rings. The number of aromatic carboxylic acids is 1. The van der Waals surface area contributed by atoms with E-state index in [4.69, 9.17) is 0 Å². The van der Waals surface area contributed by atoms with Gasteiger partial charge in [-0.15, -0.1) is 0 Å². The van der Waals surface area contributed by atoms with E-state index in [2.05, 4.69) is 22.2 Å². The van der Waals surface area contributed by atoms with Gasteiger partial charge in [0.2, 0.25) is 0 Å². The highest BCUT2D eigenvalue weighted by Gasteiger charge is 2.38. The van der Waals surface area contributed by atoms with Crippen molar-refractivity contribution in [2.75, 3.05) is 10.0 Å². The second-order valence-corrected chi connectivity index (χ2v) is 10.3. The zero-order chi connectivity index (χ0) is 23.2. The van der Waals surface area contributed by atoms with Crippen LogP contribution in [0.5, 0.6) is 0 Å². The number of rotatable bonds is 5. The third kappa shape index (κ3) is 4.00. The van der Waals surface area contributed by atoms with Crippen molar-refractivity contribution in [2.45, 2.75) is 30.2 Å². The van der Waals surface area contributed by atoms with Gasteiger partial charge in [-0.25, -0.2) is 13.2 Å². The van der Waals surface area contributed by atoms with Gasteiger partial charge in [0.1, 0.15) is 0 Å². The molecule has 6 nitrogen and oxygen atoms in total. The first-order chi connectivity index (χ1) is 15.8. The Kier molecular flexibility index (Phi) is 5.21. The van der Waals surface area contributed by atoms with E-state index in [0.717, 1.165) is 28.8 Å². The van der Waals surface area contributed by atoms with Crippen molar-refractivity contribution in [2.24, 2.45) is 5.92 Å². The molecule has 1 heterocycles. The topological polar surface area (TPSA) is 95.5 Å². The molecule has 0 aromatic heterocycles. The zero-order valence-corrected chi connectivity index (χ0v) is 18.8. The molecule has 3 aromatic carbocycles. The molecular formula is C26H24N2O4S. The Balaban J connectivity index is 1.47. The maximum absolute atomic E-state index is 13.1. The fourth-order valence-electron chi connectivity index (χ4n) is 4.83. The molecule has 3 aromatic rings. The first kappa shape index (κ1) is 21.3. The van der Waals surface area contributed by atoms with Crippen molar-refractivity contribution in [1.82, 2.24) is 0 Å². The van der Waals surface area contributed by atoms with E-state index in [0.29, 0.717) is 5.69 Å². The summed E-state index contributed by atoms with van der Waals surface area (Å²) in [5, 5.41) is 12.8. The summed E-state index contributed by atoms with van der Waals surface area (Å²) in [7, 11) is -3.73. The molecule has 2 aliphatic rings. The summed E-state index contributed by atoms with van der Waals surface area (Å²) in [6.45, 7) is 1.92. The highest BCUT2D eigenvalue weighted by molar-refractivity contribution is 7.92. The number of aryl methyl sites for hydroxylation is 1. The molecule has 0 saturated carbocycles. The normalized spacial score (nSPS) is 21.1. The van der Waals surface area contributed by atoms with Gasteiger partial charge in [-0.3, -0.25) is 4.72 Å². The lowest BCUT2D eigenvalue weighted by Crippen LogP contribution is -2.29. The number of allylic oxidation sites excluding steroid dienone is 2. The number of benzene rings is 3. The lowest BCUT2D eigenvalue weighted by Gasteiger charge is -2.37. The average molecular weight is 461 g/mol. The minimum Gasteiger partial charge on any atom is -0.478 e. The van der Waals surface area contributed by atoms with Gasteiger partial charge in [0.15, 0.2) is 0 Å². The molecule has 0 amide bonds. The van der Waals surface area contributed by atoms with Crippen molar-refractivity contribution in [1.29, 1.82) is 0 Å². The number of sulfonamides is 1. The van der Waals surface area contributed by atoms with E-state index in [1.54, 1.807) is 36.4 Å². The van der Waals surface area contributed by atoms with Crippen LogP contribution in [0.3, 0.4) is 0 Å². The van der Waals surface area contributed by atoms with E-state index >= 15 is 0 Å². The molecule has 3 unspecified atom stereocenters. The summed E-state index contributed by atoms with van der Waals surface area (Å²) in [4.78, 5) is 11.4. The lowest BCUT2D eigenvalue weighted by atomic mass is 9.77. The predicted molar refractivity (Wildman–Crippen MR) is 128 cm³/mol. The third-order valence-corrected chi connectivity index (χ3v) is 7.81. The first-order valence-electron chi connectivity index (χ1n) is 10.8. The largest absolute Gasteiger partial charge is 0.478 e. The van der Waals surface area contributed by atoms with E-state index in [1.807, 2.05) is 37.3 Å². The lowest BCUT2D eigenvalue weighted by molar-refractivity contribution is 0.0697. The smallest absolute Gasteiger partial charge is 0.335 e. The van der Waals surface area contributed by atoms with Crippen LogP contribution in [0.4, 0.5) is 11.4 Å². The Bertz CT molecular complexity index is 1360. The Morgan fingerprint density at radius 2 is 1.85 bits per heavy atom. The second-order valence-electron chi connectivity index (χ2n) is 8.63. The highest BCUT2D eigenvalue weighted by atomic mass is 32.2. The summed E-state index contributed by atoms with van der Waals surface area (Å²) >= 11 is 0. The molecule has 0 bridgehead atoms. The van der Waals surface area contributed by atoms with E-state index in [9.17, 15) is 18.3 Å². The minimum absolute atomic E-state index is 0.00761. The zero-order valence-electron chi connectivity index (χ0n) is 18.0. The van der Waals surface area contributed by atoms with E-state index in [-0.39, 0.29) is 28.3 Å². The quantitative estimate of drug-likeness (QED) is 0.448. The van der Waals surface area contributed by atoms with Crippen molar-refractivity contribution < 1.29 is 18.3 Å². The number of carbonyl (C=O) groups is 1. The Morgan fingerprint density at radius 1 is 1.06 bits per heavy atom. The molecule has 3 atom stereocenters. The van der Waals surface area contributed by atoms with Crippen molar-refractivity contribution in [3.63, 3.8) is 0 Å². The van der Waals surface area contributed by atoms with Gasteiger partial charge in [0.05, 0.1) is 16.5 Å². The van der Waals surface area contributed by atoms with E-state index < -0.39 is 16.0 Å². The van der Waals surface area contributed by atoms with Crippen molar-refractivity contribution in [3.8, 4) is 0 Å². The molecule has 5 rings (SSSR count). The number of carboxylic acid groups (broad SMARTS) is 1. The number of carboxylic acids is 1. The van der Waals surface area contributed by atoms with Crippen LogP contribution in [0.1, 0.15) is 45.4 Å². The molecule has 1 aliphatic carbocycles. The van der Waals surface area contributed by atoms with Crippen molar-refractivity contribution in [3.05, 3.63) is 101 Å². The fourth-order valence-corrected chi connectivity index (χ4v) is 5.91. The Morgan fingerprint density at radius 3 is 2.58 bits per heavy atom. The Labute approximate surface area is 193 Å². The van der Waals surface area contributed by atoms with Crippen LogP contribution >= 0.6 is 0 Å². The molecule has 168 valence electrons. The molecule has 0 radical (unpaired) electrons. The number of hydrogen-bond acceptors (Lipinski definition) is 4. The fraction of sp³-hybridized carbons (Fsp3) is 0.192. The van der Waals surface area contributed by atoms with Crippen LogP contribution in [0, 0.1) is 12.8 Å². The SMILES string of the molecule is Cc1cccc(NS(=O)(=O)c2ccc3c(c2)C2C=CCC2C(c2ccc(C(=O)O)cc2)N3)c1. The second kappa shape index (κ2) is 8.08. The summed E-state index contributed by atoms with van der Waals surface area (Å²) in [6, 6.07) is 19.4. The van der Waals surface area contributed by atoms with Gasteiger partial charge < -0.3 is 10.4 Å². The molecule has 7 heteroatoms. The molecule has 0 spiro atoms. The highest BCUT2D eigenvalue weighted by Crippen LogP contribution is 2.50. The van der Waals surface area contributed by atoms with Gasteiger partial charge in [0, 0.05) is 17.3 Å². The minimum atomic E-state index is -3.73. The van der Waals surface area contributed by atoms with E-state index in [1.165, 1.54) is 0 Å². The van der Waals surface area contributed by atoms with Crippen molar-refractivity contribution >= 4 is 27.4 Å². The number of nitrogens with one attached hydrogen (secondary N) is 2. The molecule has 0 saturated heterocycles. The summed E-state index contributed by atoms with van der Waals surface area (Å²) < 4.78 is 28.8. The van der Waals surface area contributed by atoms with Crippen LogP contribution in [0.2, 0.25) is 0 Å². The van der Waals surface area contributed by atoms with Crippen LogP contribution in [0.25, 0.3) is 0 Å². The number of anilines is 2. The maximum atomic E-state index is 13.1. The standard InChI is InChI=1S/C26H24N2O4S/c1-16-4-2-5-19(14-16)28-33(31,32)20-12-13-24-23(15-20)21-6-3-7-22(21)25(27-24)17-8-10-18(11-9-17)26(29)30/h2-6,8-15,21-22,25,27-28H,7H2,1H3,(H,29,30). The first-order valence-corrected chi connectivity index (χ1v) is 12.3. The summed E-state index contributed by atoms with van der Waals surface area (Å²) in [5.74, 6) is -0.646. The molecule has 3 N–H and O–H groups in total. The monoisotopic (exact) mass is 460 g/mol. The average Bonchev–Trinajstić information content (AvgIpc) is 3.28. The van der Waals surface area contributed by atoms with Crippen LogP contribution in [-0.2, 0) is 10.0 Å². The van der Waals surface area contributed by atoms with Gasteiger partial charge in [-0.2, -0.15) is 0 Å². The molecule has 33 heavy (non-hydrogen) atoms. The van der Waals surface area contributed by atoms with Crippen LogP contribution < -0.4 is 10.0 Å². The van der Waals surface area contributed by atoms with Gasteiger partial charge in [0.25, 0.3) is 10.0 Å². The number of hydrogen-bond donors (Lipinski definition) is 3. The van der Waals surface area contributed by atoms with Gasteiger partial charge in [-0.05, 0) is 78.4 Å². The number of fused-ring (bicyclic) bond motifs is 3. The van der Waals surface area contributed by atoms with Gasteiger partial charge in [-0.1, -0.05) is 36.4 Å². The molecular weight excluding hydrogens is 436 g/mol. The maximum Gasteiger partial charge on any atom is 0.335 e. The van der Waals surface area contributed by atoms with Crippen LogP contribution in [0.15, 0.2) is 83.8 Å². The third-order valence-electron chi connectivity index (χ3n) is 6.43. The van der Waals surface area contributed by atoms with Gasteiger partial charge >= 0.3 is 5.97 Å². The molecule has 1 aliphatic heterocycles. The predicted octanol–water partition coefficient (Wildman–Crippen LogP) is 5.32. The summed E-state index contributed by atoms with van der Waals surface area (Å²) in [6.07, 6.45) is 5.14. The van der Waals surface area contributed by atoms with Crippen LogP contribution in [-0.4, -0.2) is 19.5 Å². The Hall–Kier alpha value is -3.58.